The zero-order chi connectivity index (χ0) is 11.5. The van der Waals surface area contributed by atoms with Crippen molar-refractivity contribution in [1.82, 2.24) is 0 Å². The van der Waals surface area contributed by atoms with Crippen molar-refractivity contribution in [3.63, 3.8) is 0 Å². The Morgan fingerprint density at radius 3 is 2.60 bits per heavy atom. The molecule has 88 valence electrons. The first-order chi connectivity index (χ1) is 6.79. The van der Waals surface area contributed by atoms with Crippen molar-refractivity contribution in [3.05, 3.63) is 11.5 Å². The van der Waals surface area contributed by atoms with Crippen molar-refractivity contribution in [3.8, 4) is 0 Å². The molecule has 0 radical (unpaired) electrons. The van der Waals surface area contributed by atoms with Crippen LogP contribution in [-0.2, 0) is 18.9 Å². The first kappa shape index (κ1) is 13.0. The van der Waals surface area contributed by atoms with E-state index in [1.807, 2.05) is 0 Å². The normalized spacial score (nSPS) is 26.9. The largest absolute Gasteiger partial charge is 0.254 e. The molecule has 0 N–H and O–H groups in total. The summed E-state index contributed by atoms with van der Waals surface area (Å²) in [6.07, 6.45) is 3.36. The van der Waals surface area contributed by atoms with Gasteiger partial charge in [0.1, 0.15) is 0 Å². The van der Waals surface area contributed by atoms with Crippen LogP contribution in [0.4, 0.5) is 0 Å². The van der Waals surface area contributed by atoms with E-state index in [2.05, 4.69) is 0 Å². The van der Waals surface area contributed by atoms with Gasteiger partial charge in [-0.15, -0.1) is 0 Å². The maximum absolute atomic E-state index is 11.3. The van der Waals surface area contributed by atoms with Crippen molar-refractivity contribution in [1.29, 1.82) is 0 Å². The standard InChI is InChI=1S/C8H13ClO4S2/c9-15(12,13)6-2-4-8-3-1-5-14(10,11)7-8/h2,6,8H,1,3-5,7H2/b6-2-. The molecule has 7 heteroatoms. The maximum atomic E-state index is 11.3. The van der Waals surface area contributed by atoms with Gasteiger partial charge >= 0.3 is 0 Å². The first-order valence-corrected chi connectivity index (χ1v) is 8.79. The molecule has 0 aromatic rings. The summed E-state index contributed by atoms with van der Waals surface area (Å²) >= 11 is 0. The first-order valence-electron chi connectivity index (χ1n) is 4.60. The predicted octanol–water partition coefficient (Wildman–Crippen LogP) is 1.28. The van der Waals surface area contributed by atoms with Crippen LogP contribution in [0.1, 0.15) is 19.3 Å². The van der Waals surface area contributed by atoms with Crippen LogP contribution < -0.4 is 0 Å². The minimum absolute atomic E-state index is 0.0263. The molecule has 0 saturated carbocycles. The van der Waals surface area contributed by atoms with Gasteiger partial charge in [0, 0.05) is 16.1 Å². The number of hydrogen-bond acceptors (Lipinski definition) is 4. The van der Waals surface area contributed by atoms with Gasteiger partial charge in [0.15, 0.2) is 9.84 Å². The van der Waals surface area contributed by atoms with E-state index in [9.17, 15) is 16.8 Å². The number of rotatable bonds is 3. The summed E-state index contributed by atoms with van der Waals surface area (Å²) in [5.74, 6) is 0.430. The van der Waals surface area contributed by atoms with Crippen LogP contribution in [0, 0.1) is 5.92 Å². The quantitative estimate of drug-likeness (QED) is 0.726. The van der Waals surface area contributed by atoms with Crippen molar-refractivity contribution in [2.75, 3.05) is 11.5 Å². The van der Waals surface area contributed by atoms with Gasteiger partial charge in [-0.25, -0.2) is 16.8 Å². The number of sulfone groups is 1. The summed E-state index contributed by atoms with van der Waals surface area (Å²) < 4.78 is 43.6. The summed E-state index contributed by atoms with van der Waals surface area (Å²) in [5.41, 5.74) is 0. The molecule has 4 nitrogen and oxygen atoms in total. The van der Waals surface area contributed by atoms with E-state index < -0.39 is 18.9 Å². The molecular formula is C8H13ClO4S2. The van der Waals surface area contributed by atoms with Gasteiger partial charge in [-0.1, -0.05) is 6.08 Å². The molecule has 0 aromatic carbocycles. The molecule has 15 heavy (non-hydrogen) atoms. The highest BCUT2D eigenvalue weighted by molar-refractivity contribution is 8.16. The summed E-state index contributed by atoms with van der Waals surface area (Å²) in [6.45, 7) is 0. The van der Waals surface area contributed by atoms with E-state index >= 15 is 0 Å². The fourth-order valence-electron chi connectivity index (χ4n) is 1.67. The highest BCUT2D eigenvalue weighted by Gasteiger charge is 2.23. The van der Waals surface area contributed by atoms with Crippen molar-refractivity contribution >= 4 is 29.6 Å². The average Bonchev–Trinajstić information content (AvgIpc) is 1.99. The second-order valence-corrected chi connectivity index (χ2v) is 8.45. The second-order valence-electron chi connectivity index (χ2n) is 3.71. The maximum Gasteiger partial charge on any atom is 0.254 e. The molecule has 0 aliphatic carbocycles. The van der Waals surface area contributed by atoms with E-state index in [1.54, 1.807) is 0 Å². The second kappa shape index (κ2) is 4.84. The Morgan fingerprint density at radius 2 is 2.07 bits per heavy atom. The monoisotopic (exact) mass is 272 g/mol. The molecule has 1 saturated heterocycles. The van der Waals surface area contributed by atoms with Gasteiger partial charge in [0.25, 0.3) is 9.05 Å². The van der Waals surface area contributed by atoms with E-state index in [1.165, 1.54) is 6.08 Å². The summed E-state index contributed by atoms with van der Waals surface area (Å²) in [5, 5.41) is 0.912. The van der Waals surface area contributed by atoms with E-state index in [0.717, 1.165) is 11.8 Å². The van der Waals surface area contributed by atoms with Gasteiger partial charge < -0.3 is 0 Å². The minimum atomic E-state index is -3.61. The van der Waals surface area contributed by atoms with Gasteiger partial charge in [-0.2, -0.15) is 0 Å². The third-order valence-corrected chi connectivity index (χ3v) is 5.00. The van der Waals surface area contributed by atoms with Gasteiger partial charge in [-0.3, -0.25) is 0 Å². The Hall–Kier alpha value is -0.0700. The van der Waals surface area contributed by atoms with Crippen LogP contribution in [0.5, 0.6) is 0 Å². The van der Waals surface area contributed by atoms with Crippen molar-refractivity contribution < 1.29 is 16.8 Å². The molecule has 1 aliphatic rings. The third kappa shape index (κ3) is 5.53. The van der Waals surface area contributed by atoms with Crippen molar-refractivity contribution in [2.24, 2.45) is 5.92 Å². The van der Waals surface area contributed by atoms with Gasteiger partial charge in [-0.05, 0) is 25.2 Å². The zero-order valence-electron chi connectivity index (χ0n) is 8.10. The van der Waals surface area contributed by atoms with Crippen LogP contribution in [0.15, 0.2) is 11.5 Å². The van der Waals surface area contributed by atoms with E-state index in [4.69, 9.17) is 10.7 Å². The van der Waals surface area contributed by atoms with Crippen LogP contribution in [0.2, 0.25) is 0 Å². The van der Waals surface area contributed by atoms with Gasteiger partial charge in [0.2, 0.25) is 0 Å². The molecular weight excluding hydrogens is 260 g/mol. The fourth-order valence-corrected chi connectivity index (χ4v) is 4.02. The lowest BCUT2D eigenvalue weighted by atomic mass is 10.0. The van der Waals surface area contributed by atoms with Crippen LogP contribution in [0.25, 0.3) is 0 Å². The lowest BCUT2D eigenvalue weighted by Gasteiger charge is -2.20. The summed E-state index contributed by atoms with van der Waals surface area (Å²) in [7, 11) is -1.55. The Balaban J connectivity index is 2.50. The third-order valence-electron chi connectivity index (χ3n) is 2.29. The van der Waals surface area contributed by atoms with Gasteiger partial charge in [0.05, 0.1) is 11.5 Å². The molecule has 1 fully saturated rings. The predicted molar refractivity (Wildman–Crippen MR) is 59.9 cm³/mol. The number of allylic oxidation sites excluding steroid dienone is 1. The number of halogens is 1. The summed E-state index contributed by atoms with van der Waals surface area (Å²) in [4.78, 5) is 0. The molecule has 1 unspecified atom stereocenters. The molecule has 0 aromatic heterocycles. The minimum Gasteiger partial charge on any atom is -0.229 e. The molecule has 1 atom stereocenters. The number of hydrogen-bond donors (Lipinski definition) is 0. The smallest absolute Gasteiger partial charge is 0.229 e. The topological polar surface area (TPSA) is 68.3 Å². The Kier molecular flexibility index (Phi) is 4.20. The Morgan fingerprint density at radius 1 is 1.40 bits per heavy atom. The Bertz CT molecular complexity index is 435. The molecule has 0 bridgehead atoms. The lowest BCUT2D eigenvalue weighted by molar-refractivity contribution is 0.490. The summed E-state index contributed by atoms with van der Waals surface area (Å²) in [6, 6.07) is 0. The van der Waals surface area contributed by atoms with Crippen LogP contribution in [-0.4, -0.2) is 28.3 Å². The molecule has 0 amide bonds. The fraction of sp³-hybridized carbons (Fsp3) is 0.750. The Labute approximate surface area is 94.7 Å². The zero-order valence-corrected chi connectivity index (χ0v) is 10.5. The van der Waals surface area contributed by atoms with Crippen LogP contribution in [0.3, 0.4) is 0 Å². The molecule has 1 rings (SSSR count). The van der Waals surface area contributed by atoms with E-state index in [-0.39, 0.29) is 17.4 Å². The highest BCUT2D eigenvalue weighted by Crippen LogP contribution is 2.21. The van der Waals surface area contributed by atoms with E-state index in [0.29, 0.717) is 12.8 Å². The molecule has 1 heterocycles. The highest BCUT2D eigenvalue weighted by atomic mass is 35.7. The lowest BCUT2D eigenvalue weighted by Crippen LogP contribution is -2.24. The average molecular weight is 273 g/mol. The van der Waals surface area contributed by atoms with Crippen LogP contribution >= 0.6 is 10.7 Å². The molecule has 0 spiro atoms. The van der Waals surface area contributed by atoms with Crippen molar-refractivity contribution in [2.45, 2.75) is 19.3 Å². The molecule has 1 aliphatic heterocycles. The SMILES string of the molecule is O=S(=O)(Cl)/C=C\CC1CCCS(=O)(=O)C1.